The van der Waals surface area contributed by atoms with Gasteiger partial charge in [0.05, 0.1) is 5.75 Å². The second-order valence-corrected chi connectivity index (χ2v) is 7.69. The fourth-order valence-corrected chi connectivity index (χ4v) is 3.53. The van der Waals surface area contributed by atoms with E-state index in [4.69, 9.17) is 5.73 Å². The number of nitrogens with one attached hydrogen (secondary N) is 1. The number of thioether (sulfide) groups is 1. The Morgan fingerprint density at radius 1 is 1.31 bits per heavy atom. The molecule has 2 aromatic rings. The van der Waals surface area contributed by atoms with Crippen LogP contribution < -0.4 is 11.1 Å². The Kier molecular flexibility index (Phi) is 5.61. The molecule has 1 aliphatic carbocycles. The van der Waals surface area contributed by atoms with Crippen LogP contribution in [0.25, 0.3) is 0 Å². The second-order valence-electron chi connectivity index (χ2n) is 6.75. The monoisotopic (exact) mass is 373 g/mol. The molecule has 0 saturated heterocycles. The summed E-state index contributed by atoms with van der Waals surface area (Å²) in [6.45, 7) is 4.22. The van der Waals surface area contributed by atoms with Gasteiger partial charge >= 0.3 is 0 Å². The van der Waals surface area contributed by atoms with Crippen molar-refractivity contribution in [2.24, 2.45) is 5.73 Å². The summed E-state index contributed by atoms with van der Waals surface area (Å²) in [5.74, 6) is 1.08. The van der Waals surface area contributed by atoms with Gasteiger partial charge in [-0.1, -0.05) is 43.8 Å². The quantitative estimate of drug-likeness (QED) is 0.692. The Morgan fingerprint density at radius 3 is 2.69 bits per heavy atom. The van der Waals surface area contributed by atoms with E-state index in [-0.39, 0.29) is 18.2 Å². The first kappa shape index (κ1) is 18.4. The standard InChI is InChI=1S/C18H23N5O2S/c1-11(2)13-5-3-4-6-14(13)20-16(25)10-26-18-22-21-17(12-7-8-12)23(18)9-15(19)24/h3-6,11-12H,7-10H2,1-2H3,(H2,19,24)(H,20,25). The molecule has 2 amide bonds. The predicted octanol–water partition coefficient (Wildman–Crippen LogP) is 2.49. The largest absolute Gasteiger partial charge is 0.368 e. The summed E-state index contributed by atoms with van der Waals surface area (Å²) < 4.78 is 1.74. The molecule has 0 aliphatic heterocycles. The van der Waals surface area contributed by atoms with E-state index in [9.17, 15) is 9.59 Å². The lowest BCUT2D eigenvalue weighted by atomic mass is 10.0. The maximum atomic E-state index is 12.4. The van der Waals surface area contributed by atoms with Crippen LogP contribution in [0, 0.1) is 0 Å². The zero-order valence-electron chi connectivity index (χ0n) is 14.9. The molecule has 0 atom stereocenters. The smallest absolute Gasteiger partial charge is 0.237 e. The van der Waals surface area contributed by atoms with E-state index in [1.165, 1.54) is 11.8 Å². The number of para-hydroxylation sites is 1. The number of nitrogens with zero attached hydrogens (tertiary/aromatic N) is 3. The summed E-state index contributed by atoms with van der Waals surface area (Å²) >= 11 is 1.27. The second kappa shape index (κ2) is 7.90. The fourth-order valence-electron chi connectivity index (χ4n) is 2.79. The van der Waals surface area contributed by atoms with E-state index in [1.54, 1.807) is 4.57 Å². The molecule has 1 aromatic carbocycles. The molecule has 8 heteroatoms. The first-order chi connectivity index (χ1) is 12.5. The van der Waals surface area contributed by atoms with Gasteiger partial charge in [0.25, 0.3) is 0 Å². The van der Waals surface area contributed by atoms with Gasteiger partial charge in [-0.25, -0.2) is 0 Å². The number of rotatable bonds is 8. The van der Waals surface area contributed by atoms with Crippen LogP contribution in [0.15, 0.2) is 29.4 Å². The molecule has 1 aliphatic rings. The van der Waals surface area contributed by atoms with Crippen molar-refractivity contribution in [3.05, 3.63) is 35.7 Å². The van der Waals surface area contributed by atoms with Gasteiger partial charge in [0.1, 0.15) is 12.4 Å². The predicted molar refractivity (Wildman–Crippen MR) is 101 cm³/mol. The third-order valence-electron chi connectivity index (χ3n) is 4.19. The molecule has 0 spiro atoms. The zero-order valence-corrected chi connectivity index (χ0v) is 15.8. The average Bonchev–Trinajstić information content (AvgIpc) is 3.35. The highest BCUT2D eigenvalue weighted by Gasteiger charge is 2.31. The number of hydrogen-bond acceptors (Lipinski definition) is 5. The van der Waals surface area contributed by atoms with Gasteiger partial charge < -0.3 is 11.1 Å². The molecule has 3 rings (SSSR count). The van der Waals surface area contributed by atoms with Crippen molar-refractivity contribution in [2.45, 2.75) is 50.2 Å². The molecule has 1 aromatic heterocycles. The first-order valence-electron chi connectivity index (χ1n) is 8.68. The average molecular weight is 373 g/mol. The van der Waals surface area contributed by atoms with Gasteiger partial charge in [0.2, 0.25) is 11.8 Å². The van der Waals surface area contributed by atoms with Crippen molar-refractivity contribution in [1.29, 1.82) is 0 Å². The molecule has 1 heterocycles. The normalized spacial score (nSPS) is 13.8. The molecule has 1 fully saturated rings. The van der Waals surface area contributed by atoms with Crippen LogP contribution in [0.2, 0.25) is 0 Å². The molecule has 7 nitrogen and oxygen atoms in total. The number of amides is 2. The minimum atomic E-state index is -0.441. The number of nitrogens with two attached hydrogens (primary N) is 1. The van der Waals surface area contributed by atoms with Crippen LogP contribution in [-0.4, -0.2) is 32.3 Å². The summed E-state index contributed by atoms with van der Waals surface area (Å²) in [5, 5.41) is 11.8. The number of hydrogen-bond donors (Lipinski definition) is 2. The van der Waals surface area contributed by atoms with Gasteiger partial charge in [-0.15, -0.1) is 10.2 Å². The lowest BCUT2D eigenvalue weighted by Crippen LogP contribution is -2.21. The van der Waals surface area contributed by atoms with Crippen molar-refractivity contribution in [1.82, 2.24) is 14.8 Å². The van der Waals surface area contributed by atoms with Crippen molar-refractivity contribution >= 4 is 29.3 Å². The van der Waals surface area contributed by atoms with E-state index in [2.05, 4.69) is 29.4 Å². The molecular formula is C18H23N5O2S. The Labute approximate surface area is 156 Å². The topological polar surface area (TPSA) is 103 Å². The van der Waals surface area contributed by atoms with Gasteiger partial charge in [0.15, 0.2) is 5.16 Å². The van der Waals surface area contributed by atoms with Gasteiger partial charge in [0, 0.05) is 11.6 Å². The Bertz CT molecular complexity index is 814. The third-order valence-corrected chi connectivity index (χ3v) is 5.16. The molecular weight excluding hydrogens is 350 g/mol. The molecule has 0 bridgehead atoms. The van der Waals surface area contributed by atoms with Crippen molar-refractivity contribution < 1.29 is 9.59 Å². The van der Waals surface area contributed by atoms with Crippen LogP contribution in [0.1, 0.15) is 49.9 Å². The molecule has 3 N–H and O–H groups in total. The van der Waals surface area contributed by atoms with E-state index < -0.39 is 5.91 Å². The third kappa shape index (κ3) is 4.43. The van der Waals surface area contributed by atoms with E-state index in [1.807, 2.05) is 24.3 Å². The van der Waals surface area contributed by atoms with Gasteiger partial charge in [-0.05, 0) is 30.4 Å². The zero-order chi connectivity index (χ0) is 18.7. The minimum Gasteiger partial charge on any atom is -0.368 e. The Hall–Kier alpha value is -2.35. The number of aromatic nitrogens is 3. The maximum absolute atomic E-state index is 12.4. The number of carbonyl (C=O) groups excluding carboxylic acids is 2. The van der Waals surface area contributed by atoms with Gasteiger partial charge in [-0.2, -0.15) is 0 Å². The van der Waals surface area contributed by atoms with Crippen LogP contribution in [0.5, 0.6) is 0 Å². The van der Waals surface area contributed by atoms with E-state index in [0.29, 0.717) is 17.0 Å². The highest BCUT2D eigenvalue weighted by Crippen LogP contribution is 2.40. The van der Waals surface area contributed by atoms with Crippen LogP contribution in [-0.2, 0) is 16.1 Å². The maximum Gasteiger partial charge on any atom is 0.237 e. The van der Waals surface area contributed by atoms with E-state index in [0.717, 1.165) is 29.9 Å². The lowest BCUT2D eigenvalue weighted by molar-refractivity contribution is -0.118. The molecule has 0 radical (unpaired) electrons. The van der Waals surface area contributed by atoms with E-state index >= 15 is 0 Å². The highest BCUT2D eigenvalue weighted by atomic mass is 32.2. The van der Waals surface area contributed by atoms with Crippen LogP contribution in [0.4, 0.5) is 5.69 Å². The lowest BCUT2D eigenvalue weighted by Gasteiger charge is -2.13. The first-order valence-corrected chi connectivity index (χ1v) is 9.67. The van der Waals surface area contributed by atoms with Crippen molar-refractivity contribution in [3.8, 4) is 0 Å². The number of primary amides is 1. The summed E-state index contributed by atoms with van der Waals surface area (Å²) in [6.07, 6.45) is 2.10. The van der Waals surface area contributed by atoms with Crippen LogP contribution >= 0.6 is 11.8 Å². The molecule has 0 unspecified atom stereocenters. The summed E-state index contributed by atoms with van der Waals surface area (Å²) in [5.41, 5.74) is 7.26. The molecule has 138 valence electrons. The number of carbonyl (C=O) groups is 2. The van der Waals surface area contributed by atoms with Crippen LogP contribution in [0.3, 0.4) is 0 Å². The molecule has 1 saturated carbocycles. The van der Waals surface area contributed by atoms with Crippen molar-refractivity contribution in [3.63, 3.8) is 0 Å². The Morgan fingerprint density at radius 2 is 2.04 bits per heavy atom. The SMILES string of the molecule is CC(C)c1ccccc1NC(=O)CSc1nnc(C2CC2)n1CC(N)=O. The minimum absolute atomic E-state index is 0.0406. The number of benzene rings is 1. The number of anilines is 1. The summed E-state index contributed by atoms with van der Waals surface area (Å²) in [4.78, 5) is 23.7. The summed E-state index contributed by atoms with van der Waals surface area (Å²) in [6, 6.07) is 7.78. The summed E-state index contributed by atoms with van der Waals surface area (Å²) in [7, 11) is 0. The van der Waals surface area contributed by atoms with Gasteiger partial charge in [-0.3, -0.25) is 14.2 Å². The molecule has 26 heavy (non-hydrogen) atoms. The fraction of sp³-hybridized carbons (Fsp3) is 0.444. The van der Waals surface area contributed by atoms with Crippen molar-refractivity contribution in [2.75, 3.05) is 11.1 Å². The Balaban J connectivity index is 1.66. The highest BCUT2D eigenvalue weighted by molar-refractivity contribution is 7.99.